The van der Waals surface area contributed by atoms with Crippen molar-refractivity contribution >= 4 is 27.8 Å². The molecule has 0 radical (unpaired) electrons. The molecule has 2 N–H and O–H groups in total. The molecule has 1 amide bonds. The first-order valence-electron chi connectivity index (χ1n) is 5.99. The largest absolute Gasteiger partial charge is 0.496 e. The van der Waals surface area contributed by atoms with Gasteiger partial charge in [-0.05, 0) is 18.2 Å². The number of nitrogens with zero attached hydrogens (tertiary/aromatic N) is 1. The summed E-state index contributed by atoms with van der Waals surface area (Å²) in [5.74, 6) is -1.22. The molecule has 1 saturated heterocycles. The van der Waals surface area contributed by atoms with Gasteiger partial charge in [-0.25, -0.2) is 4.79 Å². The maximum atomic E-state index is 12.5. The maximum Gasteiger partial charge on any atom is 0.326 e. The second-order valence-corrected chi connectivity index (χ2v) is 5.46. The summed E-state index contributed by atoms with van der Waals surface area (Å²) < 4.78 is 5.89. The fourth-order valence-electron chi connectivity index (χ4n) is 2.27. The van der Waals surface area contributed by atoms with Crippen LogP contribution in [-0.2, 0) is 4.79 Å². The molecule has 7 heteroatoms. The van der Waals surface area contributed by atoms with Gasteiger partial charge in [0.25, 0.3) is 5.91 Å². The zero-order chi connectivity index (χ0) is 14.9. The lowest BCUT2D eigenvalue weighted by atomic mass is 10.1. The average molecular weight is 344 g/mol. The van der Waals surface area contributed by atoms with Crippen LogP contribution in [0, 0.1) is 0 Å². The Labute approximate surface area is 124 Å². The number of ether oxygens (including phenoxy) is 1. The third kappa shape index (κ3) is 2.78. The van der Waals surface area contributed by atoms with E-state index in [1.54, 1.807) is 18.2 Å². The van der Waals surface area contributed by atoms with Gasteiger partial charge in [0.15, 0.2) is 0 Å². The number of carboxylic acid groups (broad SMARTS) is 1. The molecule has 1 heterocycles. The van der Waals surface area contributed by atoms with Crippen molar-refractivity contribution in [2.45, 2.75) is 18.6 Å². The van der Waals surface area contributed by atoms with E-state index in [-0.39, 0.29) is 18.5 Å². The highest BCUT2D eigenvalue weighted by Gasteiger charge is 2.39. The van der Waals surface area contributed by atoms with Crippen molar-refractivity contribution in [1.29, 1.82) is 0 Å². The fraction of sp³-hybridized carbons (Fsp3) is 0.385. The van der Waals surface area contributed by atoms with Crippen molar-refractivity contribution in [2.24, 2.45) is 0 Å². The molecule has 1 unspecified atom stereocenters. The summed E-state index contributed by atoms with van der Waals surface area (Å²) in [6.45, 7) is 0.00895. The highest BCUT2D eigenvalue weighted by atomic mass is 79.9. The minimum Gasteiger partial charge on any atom is -0.496 e. The van der Waals surface area contributed by atoms with Crippen molar-refractivity contribution < 1.29 is 24.5 Å². The lowest BCUT2D eigenvalue weighted by Crippen LogP contribution is -2.40. The van der Waals surface area contributed by atoms with Gasteiger partial charge < -0.3 is 19.8 Å². The van der Waals surface area contributed by atoms with Gasteiger partial charge in [-0.3, -0.25) is 4.79 Å². The maximum absolute atomic E-state index is 12.5. The van der Waals surface area contributed by atoms with Crippen LogP contribution < -0.4 is 4.74 Å². The zero-order valence-electron chi connectivity index (χ0n) is 10.7. The van der Waals surface area contributed by atoms with Crippen LogP contribution >= 0.6 is 15.9 Å². The van der Waals surface area contributed by atoms with Crippen LogP contribution in [0.3, 0.4) is 0 Å². The number of hydrogen-bond donors (Lipinski definition) is 2. The predicted octanol–water partition coefficient (Wildman–Crippen LogP) is 1.12. The smallest absolute Gasteiger partial charge is 0.326 e. The van der Waals surface area contributed by atoms with E-state index < -0.39 is 24.0 Å². The molecule has 6 nitrogen and oxygen atoms in total. The van der Waals surface area contributed by atoms with Gasteiger partial charge in [0.05, 0.1) is 18.8 Å². The van der Waals surface area contributed by atoms with E-state index in [9.17, 15) is 14.7 Å². The summed E-state index contributed by atoms with van der Waals surface area (Å²) in [7, 11) is 1.44. The number of carboxylic acids is 1. The van der Waals surface area contributed by atoms with E-state index in [0.29, 0.717) is 5.75 Å². The Bertz CT molecular complexity index is 548. The molecule has 1 aromatic carbocycles. The molecule has 0 aromatic heterocycles. The van der Waals surface area contributed by atoms with E-state index in [1.165, 1.54) is 12.0 Å². The highest BCUT2D eigenvalue weighted by Crippen LogP contribution is 2.28. The van der Waals surface area contributed by atoms with E-state index in [2.05, 4.69) is 15.9 Å². The summed E-state index contributed by atoms with van der Waals surface area (Å²) in [6.07, 6.45) is -0.776. The van der Waals surface area contributed by atoms with Crippen LogP contribution in [0.2, 0.25) is 0 Å². The van der Waals surface area contributed by atoms with Crippen molar-refractivity contribution in [3.05, 3.63) is 28.2 Å². The van der Waals surface area contributed by atoms with E-state index >= 15 is 0 Å². The molecule has 2 atom stereocenters. The van der Waals surface area contributed by atoms with Gasteiger partial charge in [0.2, 0.25) is 0 Å². The van der Waals surface area contributed by atoms with Gasteiger partial charge in [-0.15, -0.1) is 0 Å². The van der Waals surface area contributed by atoms with Gasteiger partial charge >= 0.3 is 5.97 Å². The Balaban J connectivity index is 2.33. The molecule has 1 fully saturated rings. The minimum absolute atomic E-state index is 0.00895. The Morgan fingerprint density at radius 3 is 2.75 bits per heavy atom. The molecule has 0 aliphatic carbocycles. The molecule has 1 aromatic rings. The molecular weight excluding hydrogens is 330 g/mol. The number of rotatable bonds is 3. The van der Waals surface area contributed by atoms with Gasteiger partial charge in [0.1, 0.15) is 11.8 Å². The molecule has 1 aliphatic heterocycles. The van der Waals surface area contributed by atoms with Crippen molar-refractivity contribution in [1.82, 2.24) is 4.90 Å². The van der Waals surface area contributed by atoms with Gasteiger partial charge in [-0.2, -0.15) is 0 Å². The summed E-state index contributed by atoms with van der Waals surface area (Å²) in [5.41, 5.74) is 0.274. The molecule has 20 heavy (non-hydrogen) atoms. The monoisotopic (exact) mass is 343 g/mol. The highest BCUT2D eigenvalue weighted by molar-refractivity contribution is 9.10. The Hall–Kier alpha value is -1.60. The summed E-state index contributed by atoms with van der Waals surface area (Å²) in [6, 6.07) is 3.87. The lowest BCUT2D eigenvalue weighted by Gasteiger charge is -2.22. The SMILES string of the molecule is COc1cc(Br)ccc1C(=O)N1CC(O)C[C@H]1C(=O)O. The number of aliphatic hydroxyl groups is 1. The van der Waals surface area contributed by atoms with Crippen LogP contribution in [0.1, 0.15) is 16.8 Å². The third-order valence-corrected chi connectivity index (χ3v) is 3.71. The first-order chi connectivity index (χ1) is 9.43. The topological polar surface area (TPSA) is 87.1 Å². The number of likely N-dealkylation sites (tertiary alicyclic amines) is 1. The number of aliphatic carboxylic acids is 1. The van der Waals surface area contributed by atoms with Crippen LogP contribution in [0.4, 0.5) is 0 Å². The first kappa shape index (κ1) is 14.8. The Morgan fingerprint density at radius 1 is 1.45 bits per heavy atom. The summed E-state index contributed by atoms with van der Waals surface area (Å²) >= 11 is 3.28. The van der Waals surface area contributed by atoms with Crippen LogP contribution in [0.15, 0.2) is 22.7 Å². The number of carbonyl (C=O) groups excluding carboxylic acids is 1. The number of aliphatic hydroxyl groups excluding tert-OH is 1. The average Bonchev–Trinajstić information content (AvgIpc) is 2.80. The number of amides is 1. The number of halogens is 1. The van der Waals surface area contributed by atoms with Crippen LogP contribution in [0.5, 0.6) is 5.75 Å². The second kappa shape index (κ2) is 5.80. The number of hydrogen-bond acceptors (Lipinski definition) is 4. The normalized spacial score (nSPS) is 21.9. The second-order valence-electron chi connectivity index (χ2n) is 4.55. The molecular formula is C13H14BrNO5. The molecule has 0 bridgehead atoms. The number of β-amino-alcohol motifs (C(OH)–C–C–N with tert-alkyl or cyclic N) is 1. The standard InChI is InChI=1S/C13H14BrNO5/c1-20-11-4-7(14)2-3-9(11)12(17)15-6-8(16)5-10(15)13(18)19/h2-4,8,10,16H,5-6H2,1H3,(H,18,19)/t8?,10-/m0/s1. The quantitative estimate of drug-likeness (QED) is 0.858. The minimum atomic E-state index is -1.12. The fourth-order valence-corrected chi connectivity index (χ4v) is 2.61. The summed E-state index contributed by atoms with van der Waals surface area (Å²) in [4.78, 5) is 24.8. The van der Waals surface area contributed by atoms with Crippen LogP contribution in [0.25, 0.3) is 0 Å². The first-order valence-corrected chi connectivity index (χ1v) is 6.78. The molecule has 0 spiro atoms. The third-order valence-electron chi connectivity index (χ3n) is 3.22. The number of benzene rings is 1. The molecule has 1 aliphatic rings. The predicted molar refractivity (Wildman–Crippen MR) is 73.8 cm³/mol. The molecule has 0 saturated carbocycles. The number of methoxy groups -OCH3 is 1. The molecule has 108 valence electrons. The molecule has 2 rings (SSSR count). The van der Waals surface area contributed by atoms with Crippen molar-refractivity contribution in [2.75, 3.05) is 13.7 Å². The Morgan fingerprint density at radius 2 is 2.15 bits per heavy atom. The zero-order valence-corrected chi connectivity index (χ0v) is 12.3. The van der Waals surface area contributed by atoms with Gasteiger partial charge in [-0.1, -0.05) is 15.9 Å². The number of carbonyl (C=O) groups is 2. The van der Waals surface area contributed by atoms with E-state index in [0.717, 1.165) is 4.47 Å². The lowest BCUT2D eigenvalue weighted by molar-refractivity contribution is -0.141. The summed E-state index contributed by atoms with van der Waals surface area (Å²) in [5, 5.41) is 18.7. The Kier molecular flexibility index (Phi) is 4.29. The van der Waals surface area contributed by atoms with Crippen LogP contribution in [-0.4, -0.2) is 52.8 Å². The van der Waals surface area contributed by atoms with Gasteiger partial charge in [0, 0.05) is 17.4 Å². The van der Waals surface area contributed by atoms with E-state index in [1.807, 2.05) is 0 Å². The van der Waals surface area contributed by atoms with Crippen molar-refractivity contribution in [3.63, 3.8) is 0 Å². The van der Waals surface area contributed by atoms with E-state index in [4.69, 9.17) is 9.84 Å². The van der Waals surface area contributed by atoms with Crippen molar-refractivity contribution in [3.8, 4) is 5.75 Å².